The van der Waals surface area contributed by atoms with Crippen molar-refractivity contribution in [1.29, 1.82) is 0 Å². The summed E-state index contributed by atoms with van der Waals surface area (Å²) in [6.07, 6.45) is 11.4. The largest absolute Gasteiger partial charge is 0.329 e. The van der Waals surface area contributed by atoms with Crippen LogP contribution in [0, 0.1) is 17.8 Å². The zero-order valence-electron chi connectivity index (χ0n) is 12.9. The number of nitrogens with zero attached hydrogens (tertiary/aromatic N) is 1. The summed E-state index contributed by atoms with van der Waals surface area (Å²) in [5.41, 5.74) is 6.68. The van der Waals surface area contributed by atoms with Gasteiger partial charge in [-0.1, -0.05) is 26.7 Å². The third kappa shape index (κ3) is 2.58. The summed E-state index contributed by atoms with van der Waals surface area (Å²) in [5, 5.41) is 0. The Bertz CT molecular complexity index is 310. The minimum atomic E-state index is 0.358. The fraction of sp³-hybridized carbons (Fsp3) is 1.00. The smallest absolute Gasteiger partial charge is 0.0337 e. The second kappa shape index (κ2) is 5.37. The van der Waals surface area contributed by atoms with Crippen molar-refractivity contribution in [2.75, 3.05) is 13.1 Å². The van der Waals surface area contributed by atoms with E-state index in [1.807, 2.05) is 0 Å². The van der Waals surface area contributed by atoms with Crippen LogP contribution in [0.25, 0.3) is 0 Å². The molecular weight excluding hydrogens is 232 g/mol. The zero-order chi connectivity index (χ0) is 13.5. The molecule has 3 fully saturated rings. The Morgan fingerprint density at radius 3 is 2.53 bits per heavy atom. The number of hydrogen-bond donors (Lipinski definition) is 1. The quantitative estimate of drug-likeness (QED) is 0.843. The van der Waals surface area contributed by atoms with Crippen LogP contribution in [0.4, 0.5) is 0 Å². The van der Waals surface area contributed by atoms with Crippen LogP contribution in [0.3, 0.4) is 0 Å². The molecule has 0 bridgehead atoms. The van der Waals surface area contributed by atoms with Gasteiger partial charge in [0.1, 0.15) is 0 Å². The van der Waals surface area contributed by atoms with Crippen LogP contribution >= 0.6 is 0 Å². The van der Waals surface area contributed by atoms with Crippen molar-refractivity contribution in [3.05, 3.63) is 0 Å². The SMILES string of the molecule is CC(C)C1CCCN1C1(CN)CCCC(C2CC2)C1. The van der Waals surface area contributed by atoms with E-state index in [-0.39, 0.29) is 0 Å². The monoisotopic (exact) mass is 264 g/mol. The standard InChI is InChI=1S/C17H32N2/c1-13(2)16-6-4-10-19(16)17(12-18)9-3-5-15(11-17)14-7-8-14/h13-16H,3-12,18H2,1-2H3. The predicted octanol–water partition coefficient (Wildman–Crippen LogP) is 3.40. The molecule has 0 aromatic carbocycles. The van der Waals surface area contributed by atoms with E-state index in [1.54, 1.807) is 0 Å². The highest BCUT2D eigenvalue weighted by atomic mass is 15.3. The molecule has 1 aliphatic heterocycles. The molecule has 1 heterocycles. The molecule has 110 valence electrons. The molecule has 2 aliphatic carbocycles. The lowest BCUT2D eigenvalue weighted by Gasteiger charge is -2.50. The first kappa shape index (κ1) is 13.9. The van der Waals surface area contributed by atoms with E-state index in [0.29, 0.717) is 5.54 Å². The number of rotatable bonds is 4. The molecule has 19 heavy (non-hydrogen) atoms. The van der Waals surface area contributed by atoms with Crippen molar-refractivity contribution in [3.63, 3.8) is 0 Å². The van der Waals surface area contributed by atoms with Gasteiger partial charge in [0.2, 0.25) is 0 Å². The summed E-state index contributed by atoms with van der Waals surface area (Å²) in [6.45, 7) is 6.99. The molecule has 0 aromatic heterocycles. The molecule has 1 saturated heterocycles. The molecule has 0 spiro atoms. The van der Waals surface area contributed by atoms with Crippen molar-refractivity contribution >= 4 is 0 Å². The number of likely N-dealkylation sites (tertiary alicyclic amines) is 1. The van der Waals surface area contributed by atoms with Crippen LogP contribution in [0.1, 0.15) is 65.2 Å². The topological polar surface area (TPSA) is 29.3 Å². The Labute approximate surface area is 119 Å². The summed E-state index contributed by atoms with van der Waals surface area (Å²) in [7, 11) is 0. The minimum Gasteiger partial charge on any atom is -0.329 e. The minimum absolute atomic E-state index is 0.358. The van der Waals surface area contributed by atoms with Crippen LogP contribution < -0.4 is 5.73 Å². The van der Waals surface area contributed by atoms with Crippen LogP contribution in [0.2, 0.25) is 0 Å². The van der Waals surface area contributed by atoms with Crippen molar-refractivity contribution < 1.29 is 0 Å². The van der Waals surface area contributed by atoms with Gasteiger partial charge in [-0.3, -0.25) is 4.90 Å². The maximum Gasteiger partial charge on any atom is 0.0337 e. The third-order valence-corrected chi connectivity index (χ3v) is 6.21. The summed E-state index contributed by atoms with van der Waals surface area (Å²) in [4.78, 5) is 2.85. The average molecular weight is 264 g/mol. The highest BCUT2D eigenvalue weighted by Crippen LogP contribution is 2.49. The zero-order valence-corrected chi connectivity index (χ0v) is 12.9. The molecule has 2 saturated carbocycles. The first-order valence-electron chi connectivity index (χ1n) is 8.63. The van der Waals surface area contributed by atoms with Crippen LogP contribution in [0.15, 0.2) is 0 Å². The summed E-state index contributed by atoms with van der Waals surface area (Å²) in [5.74, 6) is 2.84. The number of hydrogen-bond acceptors (Lipinski definition) is 2. The average Bonchev–Trinajstić information content (AvgIpc) is 3.15. The second-order valence-corrected chi connectivity index (χ2v) is 7.77. The van der Waals surface area contributed by atoms with Crippen molar-refractivity contribution in [1.82, 2.24) is 4.90 Å². The molecule has 3 rings (SSSR count). The Balaban J connectivity index is 1.77. The molecule has 3 unspecified atom stereocenters. The van der Waals surface area contributed by atoms with Gasteiger partial charge in [0.05, 0.1) is 0 Å². The van der Waals surface area contributed by atoms with Gasteiger partial charge in [0.15, 0.2) is 0 Å². The fourth-order valence-corrected chi connectivity index (χ4v) is 4.99. The van der Waals surface area contributed by atoms with Gasteiger partial charge in [-0.2, -0.15) is 0 Å². The van der Waals surface area contributed by atoms with E-state index < -0.39 is 0 Å². The molecule has 2 N–H and O–H groups in total. The number of nitrogens with two attached hydrogens (primary N) is 1. The highest BCUT2D eigenvalue weighted by molar-refractivity contribution is 5.03. The Morgan fingerprint density at radius 1 is 1.11 bits per heavy atom. The lowest BCUT2D eigenvalue weighted by atomic mass is 9.72. The van der Waals surface area contributed by atoms with E-state index in [9.17, 15) is 0 Å². The molecule has 0 radical (unpaired) electrons. The van der Waals surface area contributed by atoms with Crippen LogP contribution in [-0.4, -0.2) is 29.6 Å². The maximum atomic E-state index is 6.32. The van der Waals surface area contributed by atoms with E-state index in [4.69, 9.17) is 5.73 Å². The Hall–Kier alpha value is -0.0800. The van der Waals surface area contributed by atoms with E-state index >= 15 is 0 Å². The first-order valence-corrected chi connectivity index (χ1v) is 8.63. The molecular formula is C17H32N2. The van der Waals surface area contributed by atoms with Gasteiger partial charge in [0, 0.05) is 18.1 Å². The van der Waals surface area contributed by atoms with Gasteiger partial charge < -0.3 is 5.73 Å². The lowest BCUT2D eigenvalue weighted by Crippen LogP contribution is -2.59. The van der Waals surface area contributed by atoms with Crippen molar-refractivity contribution in [3.8, 4) is 0 Å². The Morgan fingerprint density at radius 2 is 1.89 bits per heavy atom. The van der Waals surface area contributed by atoms with Crippen molar-refractivity contribution in [2.24, 2.45) is 23.5 Å². The molecule has 3 atom stereocenters. The summed E-state index contributed by atoms with van der Waals surface area (Å²) in [6, 6.07) is 0.793. The summed E-state index contributed by atoms with van der Waals surface area (Å²) >= 11 is 0. The molecule has 2 nitrogen and oxygen atoms in total. The molecule has 0 aromatic rings. The van der Waals surface area contributed by atoms with E-state index in [0.717, 1.165) is 30.3 Å². The van der Waals surface area contributed by atoms with Gasteiger partial charge in [0.25, 0.3) is 0 Å². The molecule has 3 aliphatic rings. The van der Waals surface area contributed by atoms with Gasteiger partial charge >= 0.3 is 0 Å². The van der Waals surface area contributed by atoms with E-state index in [1.165, 1.54) is 57.9 Å². The predicted molar refractivity (Wildman–Crippen MR) is 81.0 cm³/mol. The maximum absolute atomic E-state index is 6.32. The van der Waals surface area contributed by atoms with Crippen LogP contribution in [0.5, 0.6) is 0 Å². The second-order valence-electron chi connectivity index (χ2n) is 7.77. The summed E-state index contributed by atoms with van der Waals surface area (Å²) < 4.78 is 0. The molecule has 2 heteroatoms. The highest BCUT2D eigenvalue weighted by Gasteiger charge is 2.47. The van der Waals surface area contributed by atoms with Gasteiger partial charge in [-0.15, -0.1) is 0 Å². The van der Waals surface area contributed by atoms with E-state index in [2.05, 4.69) is 18.7 Å². The lowest BCUT2D eigenvalue weighted by molar-refractivity contribution is 0.00828. The van der Waals surface area contributed by atoms with Crippen molar-refractivity contribution in [2.45, 2.75) is 76.8 Å². The first-order chi connectivity index (χ1) is 9.16. The normalized spacial score (nSPS) is 41.1. The molecule has 0 amide bonds. The van der Waals surface area contributed by atoms with Crippen LogP contribution in [-0.2, 0) is 0 Å². The fourth-order valence-electron chi connectivity index (χ4n) is 4.99. The van der Waals surface area contributed by atoms with Gasteiger partial charge in [-0.05, 0) is 62.8 Å². The third-order valence-electron chi connectivity index (χ3n) is 6.21. The van der Waals surface area contributed by atoms with Gasteiger partial charge in [-0.25, -0.2) is 0 Å². The Kier molecular flexibility index (Phi) is 3.92.